The molecule has 1 saturated carbocycles. The van der Waals surface area contributed by atoms with Crippen LogP contribution in [-0.2, 0) is 0 Å². The standard InChI is InChI=1S/C13H26N2S/c1-12(2,16-4)9-15-8-7-14-13(3,10-15)11-5-6-11/h11,14H,5-10H2,1-4H3. The lowest BCUT2D eigenvalue weighted by Crippen LogP contribution is -2.61. The average molecular weight is 242 g/mol. The predicted molar refractivity (Wildman–Crippen MR) is 73.2 cm³/mol. The highest BCUT2D eigenvalue weighted by molar-refractivity contribution is 7.99. The van der Waals surface area contributed by atoms with Crippen molar-refractivity contribution in [2.45, 2.75) is 43.9 Å². The summed E-state index contributed by atoms with van der Waals surface area (Å²) in [6, 6.07) is 0. The van der Waals surface area contributed by atoms with Crippen molar-refractivity contribution in [3.63, 3.8) is 0 Å². The molecule has 0 aromatic heterocycles. The first-order chi connectivity index (χ1) is 7.45. The minimum Gasteiger partial charge on any atom is -0.309 e. The van der Waals surface area contributed by atoms with Gasteiger partial charge in [0, 0.05) is 36.5 Å². The van der Waals surface area contributed by atoms with Crippen LogP contribution in [0.2, 0.25) is 0 Å². The van der Waals surface area contributed by atoms with Crippen LogP contribution < -0.4 is 5.32 Å². The summed E-state index contributed by atoms with van der Waals surface area (Å²) >= 11 is 1.98. The average Bonchev–Trinajstić information content (AvgIpc) is 3.00. The van der Waals surface area contributed by atoms with Crippen LogP contribution in [0.4, 0.5) is 0 Å². The van der Waals surface area contributed by atoms with E-state index in [9.17, 15) is 0 Å². The van der Waals surface area contributed by atoms with Crippen molar-refractivity contribution >= 4 is 11.8 Å². The third-order valence-electron chi connectivity index (χ3n) is 4.14. The molecule has 16 heavy (non-hydrogen) atoms. The van der Waals surface area contributed by atoms with Crippen LogP contribution >= 0.6 is 11.8 Å². The maximum absolute atomic E-state index is 3.74. The van der Waals surface area contributed by atoms with E-state index in [1.807, 2.05) is 11.8 Å². The van der Waals surface area contributed by atoms with E-state index in [-0.39, 0.29) is 0 Å². The number of hydrogen-bond acceptors (Lipinski definition) is 3. The molecule has 2 rings (SSSR count). The van der Waals surface area contributed by atoms with E-state index in [4.69, 9.17) is 0 Å². The van der Waals surface area contributed by atoms with Crippen LogP contribution in [0.1, 0.15) is 33.6 Å². The molecule has 1 unspecified atom stereocenters. The number of nitrogens with zero attached hydrogens (tertiary/aromatic N) is 1. The molecule has 0 spiro atoms. The summed E-state index contributed by atoms with van der Waals surface area (Å²) in [7, 11) is 0. The Hall–Kier alpha value is 0.270. The van der Waals surface area contributed by atoms with Crippen molar-refractivity contribution in [2.75, 3.05) is 32.4 Å². The van der Waals surface area contributed by atoms with Gasteiger partial charge in [-0.2, -0.15) is 11.8 Å². The van der Waals surface area contributed by atoms with Crippen molar-refractivity contribution in [2.24, 2.45) is 5.92 Å². The lowest BCUT2D eigenvalue weighted by Gasteiger charge is -2.44. The molecule has 1 aliphatic carbocycles. The Bertz CT molecular complexity index is 250. The number of thioether (sulfide) groups is 1. The Morgan fingerprint density at radius 3 is 2.69 bits per heavy atom. The van der Waals surface area contributed by atoms with Gasteiger partial charge in [-0.3, -0.25) is 4.90 Å². The fourth-order valence-corrected chi connectivity index (χ4v) is 3.14. The highest BCUT2D eigenvalue weighted by Crippen LogP contribution is 2.41. The first-order valence-electron chi connectivity index (χ1n) is 6.48. The number of hydrogen-bond donors (Lipinski definition) is 1. The van der Waals surface area contributed by atoms with Gasteiger partial charge in [0.05, 0.1) is 0 Å². The molecular weight excluding hydrogens is 216 g/mol. The Labute approximate surface area is 105 Å². The van der Waals surface area contributed by atoms with E-state index in [1.54, 1.807) is 0 Å². The topological polar surface area (TPSA) is 15.3 Å². The van der Waals surface area contributed by atoms with E-state index < -0.39 is 0 Å². The van der Waals surface area contributed by atoms with Gasteiger partial charge < -0.3 is 5.32 Å². The second-order valence-corrected chi connectivity index (χ2v) is 7.81. The predicted octanol–water partition coefficient (Wildman–Crippen LogP) is 2.20. The van der Waals surface area contributed by atoms with Crippen LogP contribution in [0.3, 0.4) is 0 Å². The number of piperazine rings is 1. The zero-order valence-corrected chi connectivity index (χ0v) is 12.0. The summed E-state index contributed by atoms with van der Waals surface area (Å²) in [6.07, 6.45) is 5.09. The van der Waals surface area contributed by atoms with Gasteiger partial charge in [0.15, 0.2) is 0 Å². The molecule has 2 nitrogen and oxygen atoms in total. The highest BCUT2D eigenvalue weighted by atomic mass is 32.2. The second kappa shape index (κ2) is 4.51. The van der Waals surface area contributed by atoms with Crippen molar-refractivity contribution < 1.29 is 0 Å². The van der Waals surface area contributed by atoms with Crippen LogP contribution in [0.15, 0.2) is 0 Å². The van der Waals surface area contributed by atoms with Gasteiger partial charge in [-0.1, -0.05) is 0 Å². The van der Waals surface area contributed by atoms with Gasteiger partial charge in [-0.15, -0.1) is 0 Å². The minimum absolute atomic E-state index is 0.391. The Morgan fingerprint density at radius 2 is 2.12 bits per heavy atom. The van der Waals surface area contributed by atoms with E-state index in [1.165, 1.54) is 32.5 Å². The summed E-state index contributed by atoms with van der Waals surface area (Å²) < 4.78 is 0.391. The molecule has 0 amide bonds. The molecule has 0 bridgehead atoms. The van der Waals surface area contributed by atoms with Crippen molar-refractivity contribution in [1.29, 1.82) is 0 Å². The third kappa shape index (κ3) is 2.93. The molecule has 1 saturated heterocycles. The SMILES string of the molecule is CSC(C)(C)CN1CCNC(C)(C2CC2)C1. The molecule has 1 atom stereocenters. The van der Waals surface area contributed by atoms with E-state index in [0.717, 1.165) is 12.5 Å². The summed E-state index contributed by atoms with van der Waals surface area (Å²) in [6.45, 7) is 12.0. The molecule has 1 aliphatic heterocycles. The summed E-state index contributed by atoms with van der Waals surface area (Å²) in [5, 5.41) is 3.74. The van der Waals surface area contributed by atoms with Crippen LogP contribution in [-0.4, -0.2) is 47.6 Å². The third-order valence-corrected chi connectivity index (χ3v) is 5.38. The lowest BCUT2D eigenvalue weighted by atomic mass is 9.92. The summed E-state index contributed by atoms with van der Waals surface area (Å²) in [5.74, 6) is 0.938. The van der Waals surface area contributed by atoms with E-state index in [0.29, 0.717) is 10.3 Å². The van der Waals surface area contributed by atoms with Gasteiger partial charge in [-0.25, -0.2) is 0 Å². The first-order valence-corrected chi connectivity index (χ1v) is 7.70. The van der Waals surface area contributed by atoms with E-state index in [2.05, 4.69) is 37.2 Å². The molecule has 2 aliphatic rings. The Kier molecular flexibility index (Phi) is 3.58. The molecule has 0 aromatic rings. The molecule has 3 heteroatoms. The second-order valence-electron chi connectivity index (χ2n) is 6.29. The molecule has 1 heterocycles. The maximum atomic E-state index is 3.74. The fourth-order valence-electron chi connectivity index (χ4n) is 2.83. The summed E-state index contributed by atoms with van der Waals surface area (Å²) in [5.41, 5.74) is 0.396. The zero-order chi connectivity index (χ0) is 11.8. The van der Waals surface area contributed by atoms with Crippen LogP contribution in [0, 0.1) is 5.92 Å². The van der Waals surface area contributed by atoms with Gasteiger partial charge in [0.25, 0.3) is 0 Å². The molecule has 1 N–H and O–H groups in total. The normalized spacial score (nSPS) is 33.0. The first kappa shape index (κ1) is 12.7. The van der Waals surface area contributed by atoms with Gasteiger partial charge >= 0.3 is 0 Å². The molecule has 0 radical (unpaired) electrons. The minimum atomic E-state index is 0.391. The molecule has 94 valence electrons. The van der Waals surface area contributed by atoms with Crippen molar-refractivity contribution in [3.8, 4) is 0 Å². The summed E-state index contributed by atoms with van der Waals surface area (Å²) in [4.78, 5) is 2.66. The Morgan fingerprint density at radius 1 is 1.44 bits per heavy atom. The Balaban J connectivity index is 1.91. The molecule has 2 fully saturated rings. The maximum Gasteiger partial charge on any atom is 0.0309 e. The molecule has 0 aromatic carbocycles. The number of rotatable bonds is 4. The fraction of sp³-hybridized carbons (Fsp3) is 1.00. The van der Waals surface area contributed by atoms with Crippen LogP contribution in [0.25, 0.3) is 0 Å². The largest absolute Gasteiger partial charge is 0.309 e. The highest BCUT2D eigenvalue weighted by Gasteiger charge is 2.44. The van der Waals surface area contributed by atoms with Gasteiger partial charge in [0.2, 0.25) is 0 Å². The van der Waals surface area contributed by atoms with E-state index >= 15 is 0 Å². The quantitative estimate of drug-likeness (QED) is 0.814. The zero-order valence-electron chi connectivity index (χ0n) is 11.2. The van der Waals surface area contributed by atoms with Gasteiger partial charge in [-0.05, 0) is 45.8 Å². The lowest BCUT2D eigenvalue weighted by molar-refractivity contribution is 0.121. The smallest absolute Gasteiger partial charge is 0.0309 e. The van der Waals surface area contributed by atoms with Crippen molar-refractivity contribution in [3.05, 3.63) is 0 Å². The van der Waals surface area contributed by atoms with Crippen LogP contribution in [0.5, 0.6) is 0 Å². The monoisotopic (exact) mass is 242 g/mol. The van der Waals surface area contributed by atoms with Gasteiger partial charge in [0.1, 0.15) is 0 Å². The molecular formula is C13H26N2S. The van der Waals surface area contributed by atoms with Crippen molar-refractivity contribution in [1.82, 2.24) is 10.2 Å². The number of nitrogens with one attached hydrogen (secondary N) is 1.